The zero-order chi connectivity index (χ0) is 20.6. The van der Waals surface area contributed by atoms with Gasteiger partial charge in [0.25, 0.3) is 0 Å². The van der Waals surface area contributed by atoms with Crippen molar-refractivity contribution < 1.29 is 9.36 Å². The van der Waals surface area contributed by atoms with Gasteiger partial charge in [0.05, 0.1) is 0 Å². The van der Waals surface area contributed by atoms with E-state index in [4.69, 9.17) is 0 Å². The minimum Gasteiger partial charge on any atom is -0.299 e. The van der Waals surface area contributed by atoms with Gasteiger partial charge in [0.2, 0.25) is 11.9 Å². The first-order chi connectivity index (χ1) is 13.4. The second kappa shape index (κ2) is 11.0. The zero-order valence-electron chi connectivity index (χ0n) is 17.7. The van der Waals surface area contributed by atoms with Gasteiger partial charge in [-0.2, -0.15) is 0 Å². The maximum Gasteiger partial charge on any atom is 0.236 e. The minimum absolute atomic E-state index is 0.204. The van der Waals surface area contributed by atoms with Gasteiger partial charge in [-0.05, 0) is 38.3 Å². The van der Waals surface area contributed by atoms with Crippen LogP contribution in [0.1, 0.15) is 72.5 Å². The van der Waals surface area contributed by atoms with E-state index in [9.17, 15) is 9.36 Å². The first-order valence-corrected chi connectivity index (χ1v) is 13.6. The Morgan fingerprint density at radius 1 is 0.893 bits per heavy atom. The van der Waals surface area contributed by atoms with Crippen molar-refractivity contribution in [1.82, 2.24) is 0 Å². The van der Waals surface area contributed by atoms with E-state index in [0.717, 1.165) is 35.3 Å². The lowest BCUT2D eigenvalue weighted by molar-refractivity contribution is 0.107. The van der Waals surface area contributed by atoms with Crippen LogP contribution >= 0.6 is 17.7 Å². The molecule has 152 valence electrons. The van der Waals surface area contributed by atoms with E-state index in [2.05, 4.69) is 6.92 Å². The molecular formula is C24H33O2PS. The average molecular weight is 417 g/mol. The molecular weight excluding hydrogens is 383 g/mol. The van der Waals surface area contributed by atoms with E-state index in [1.165, 1.54) is 37.1 Å². The summed E-state index contributed by atoms with van der Waals surface area (Å²) in [6.45, 7) is 8.13. The standard InChI is InChI=1S/C24H33O2PS/c1-5-6-7-8-9-13-16-28-27(26,22-14-11-10-12-15-22)24(25)23-20(3)17-19(2)18-21(23)4/h10-12,14-15,17-18H,5-9,13,16H2,1-4H3. The fourth-order valence-electron chi connectivity index (χ4n) is 3.61. The second-order valence-corrected chi connectivity index (χ2v) is 12.6. The Balaban J connectivity index is 2.23. The van der Waals surface area contributed by atoms with Crippen molar-refractivity contribution in [3.05, 3.63) is 64.7 Å². The topological polar surface area (TPSA) is 34.1 Å². The first kappa shape index (κ1) is 23.0. The van der Waals surface area contributed by atoms with Gasteiger partial charge in [0, 0.05) is 16.6 Å². The van der Waals surface area contributed by atoms with Gasteiger partial charge in [-0.25, -0.2) is 0 Å². The molecule has 0 saturated carbocycles. The van der Waals surface area contributed by atoms with Gasteiger partial charge in [-0.15, -0.1) is 0 Å². The summed E-state index contributed by atoms with van der Waals surface area (Å²) in [4.78, 5) is 13.5. The molecule has 28 heavy (non-hydrogen) atoms. The van der Waals surface area contributed by atoms with Crippen molar-refractivity contribution in [2.24, 2.45) is 0 Å². The van der Waals surface area contributed by atoms with Crippen molar-refractivity contribution in [3.8, 4) is 0 Å². The summed E-state index contributed by atoms with van der Waals surface area (Å²) in [5.41, 5.74) is 3.39. The molecule has 4 heteroatoms. The van der Waals surface area contributed by atoms with Crippen molar-refractivity contribution in [3.63, 3.8) is 0 Å². The molecule has 2 rings (SSSR count). The monoisotopic (exact) mass is 416 g/mol. The normalized spacial score (nSPS) is 13.3. The van der Waals surface area contributed by atoms with Crippen LogP contribution in [0.4, 0.5) is 0 Å². The Labute approximate surface area is 174 Å². The minimum atomic E-state index is -3.24. The molecule has 0 N–H and O–H groups in total. The highest BCUT2D eigenvalue weighted by molar-refractivity contribution is 8.65. The summed E-state index contributed by atoms with van der Waals surface area (Å²) in [6.07, 6.45) is 3.90. The lowest BCUT2D eigenvalue weighted by Crippen LogP contribution is -2.14. The van der Waals surface area contributed by atoms with Crippen molar-refractivity contribution in [2.45, 2.75) is 66.2 Å². The maximum atomic E-state index is 14.1. The number of hydrogen-bond acceptors (Lipinski definition) is 3. The van der Waals surface area contributed by atoms with Crippen LogP contribution in [0.2, 0.25) is 0 Å². The molecule has 1 atom stereocenters. The molecule has 0 fully saturated rings. The Morgan fingerprint density at radius 2 is 1.46 bits per heavy atom. The van der Waals surface area contributed by atoms with Crippen molar-refractivity contribution >= 4 is 28.6 Å². The smallest absolute Gasteiger partial charge is 0.236 e. The largest absolute Gasteiger partial charge is 0.299 e. The molecule has 0 aliphatic carbocycles. The third-order valence-electron chi connectivity index (χ3n) is 5.03. The van der Waals surface area contributed by atoms with Crippen LogP contribution in [0.25, 0.3) is 0 Å². The number of hydrogen-bond donors (Lipinski definition) is 0. The highest BCUT2D eigenvalue weighted by Crippen LogP contribution is 2.60. The van der Waals surface area contributed by atoms with Crippen LogP contribution in [0.3, 0.4) is 0 Å². The predicted octanol–water partition coefficient (Wildman–Crippen LogP) is 7.45. The van der Waals surface area contributed by atoms with E-state index < -0.39 is 6.34 Å². The summed E-state index contributed by atoms with van der Waals surface area (Å²) in [5, 5.41) is 0.662. The van der Waals surface area contributed by atoms with Crippen LogP contribution in [-0.2, 0) is 4.57 Å². The SMILES string of the molecule is CCCCCCCCSP(=O)(C(=O)c1c(C)cc(C)cc1C)c1ccccc1. The fraction of sp³-hybridized carbons (Fsp3) is 0.458. The second-order valence-electron chi connectivity index (χ2n) is 7.57. The molecule has 0 spiro atoms. The number of aryl methyl sites for hydroxylation is 3. The van der Waals surface area contributed by atoms with Crippen LogP contribution < -0.4 is 5.30 Å². The molecule has 0 bridgehead atoms. The molecule has 0 aliphatic heterocycles. The Kier molecular flexibility index (Phi) is 9.05. The molecule has 0 heterocycles. The van der Waals surface area contributed by atoms with Crippen LogP contribution in [0, 0.1) is 20.8 Å². The molecule has 0 saturated heterocycles. The van der Waals surface area contributed by atoms with Crippen molar-refractivity contribution in [1.29, 1.82) is 0 Å². The number of rotatable bonds is 11. The third-order valence-corrected chi connectivity index (χ3v) is 10.4. The van der Waals surface area contributed by atoms with Gasteiger partial charge in [-0.1, -0.05) is 98.4 Å². The lowest BCUT2D eigenvalue weighted by Gasteiger charge is -2.19. The van der Waals surface area contributed by atoms with E-state index >= 15 is 0 Å². The molecule has 1 unspecified atom stereocenters. The number of carbonyl (C=O) groups excluding carboxylic acids is 1. The summed E-state index contributed by atoms with van der Waals surface area (Å²) in [6, 6.07) is 13.3. The van der Waals surface area contributed by atoms with E-state index in [-0.39, 0.29) is 5.52 Å². The quantitative estimate of drug-likeness (QED) is 0.282. The molecule has 2 nitrogen and oxygen atoms in total. The lowest BCUT2D eigenvalue weighted by atomic mass is 10.0. The van der Waals surface area contributed by atoms with Crippen LogP contribution in [0.15, 0.2) is 42.5 Å². The molecule has 0 aromatic heterocycles. The van der Waals surface area contributed by atoms with Gasteiger partial charge >= 0.3 is 0 Å². The van der Waals surface area contributed by atoms with Gasteiger partial charge in [0.15, 0.2) is 0 Å². The summed E-state index contributed by atoms with van der Waals surface area (Å²) in [7, 11) is 0. The summed E-state index contributed by atoms with van der Waals surface area (Å²) in [5.74, 6) is 0.758. The number of carbonyl (C=O) groups is 1. The summed E-state index contributed by atoms with van der Waals surface area (Å²) < 4.78 is 14.1. The van der Waals surface area contributed by atoms with Gasteiger partial charge in [-0.3, -0.25) is 9.36 Å². The van der Waals surface area contributed by atoms with Crippen LogP contribution in [-0.4, -0.2) is 11.3 Å². The summed E-state index contributed by atoms with van der Waals surface area (Å²) >= 11 is 1.37. The Hall–Kier alpha value is -1.31. The van der Waals surface area contributed by atoms with Crippen molar-refractivity contribution in [2.75, 3.05) is 5.75 Å². The van der Waals surface area contributed by atoms with Crippen LogP contribution in [0.5, 0.6) is 0 Å². The fourth-order valence-corrected chi connectivity index (χ4v) is 8.51. The molecule has 2 aromatic rings. The average Bonchev–Trinajstić information content (AvgIpc) is 2.67. The highest BCUT2D eigenvalue weighted by Gasteiger charge is 2.36. The maximum absolute atomic E-state index is 14.1. The zero-order valence-corrected chi connectivity index (χ0v) is 19.4. The van der Waals surface area contributed by atoms with Gasteiger partial charge < -0.3 is 0 Å². The molecule has 0 aliphatic rings. The Morgan fingerprint density at radius 3 is 2.07 bits per heavy atom. The van der Waals surface area contributed by atoms with E-state index in [1.807, 2.05) is 63.2 Å². The first-order valence-electron chi connectivity index (χ1n) is 10.3. The molecule has 0 radical (unpaired) electrons. The van der Waals surface area contributed by atoms with E-state index in [1.54, 1.807) is 0 Å². The van der Waals surface area contributed by atoms with E-state index in [0.29, 0.717) is 10.9 Å². The highest BCUT2D eigenvalue weighted by atomic mass is 32.7. The van der Waals surface area contributed by atoms with Gasteiger partial charge in [0.1, 0.15) is 0 Å². The number of unbranched alkanes of at least 4 members (excludes halogenated alkanes) is 5. The molecule has 2 aromatic carbocycles. The Bertz CT molecular complexity index is 807. The third kappa shape index (κ3) is 5.84. The molecule has 0 amide bonds. The predicted molar refractivity (Wildman–Crippen MR) is 125 cm³/mol. The number of benzene rings is 2.